The number of hydrogen-bond acceptors (Lipinski definition) is 4. The highest BCUT2D eigenvalue weighted by atomic mass is 16.1. The lowest BCUT2D eigenvalue weighted by atomic mass is 10.1. The lowest BCUT2D eigenvalue weighted by Gasteiger charge is -2.19. The Labute approximate surface area is 120 Å². The molecule has 1 atom stereocenters. The van der Waals surface area contributed by atoms with Crippen LogP contribution in [0.15, 0.2) is 4.99 Å². The van der Waals surface area contributed by atoms with E-state index in [-0.39, 0.29) is 17.9 Å². The fourth-order valence-electron chi connectivity index (χ4n) is 2.21. The third-order valence-electron chi connectivity index (χ3n) is 3.39. The maximum atomic E-state index is 11.5. The van der Waals surface area contributed by atoms with Crippen LogP contribution in [0.4, 0.5) is 0 Å². The summed E-state index contributed by atoms with van der Waals surface area (Å²) in [7, 11) is 1.46. The van der Waals surface area contributed by atoms with Gasteiger partial charge in [0.2, 0.25) is 11.9 Å². The van der Waals surface area contributed by atoms with E-state index in [1.165, 1.54) is 19.9 Å². The van der Waals surface area contributed by atoms with Gasteiger partial charge in [-0.25, -0.2) is 0 Å². The third-order valence-corrected chi connectivity index (χ3v) is 3.39. The number of hydrogen-bond donors (Lipinski definition) is 2. The maximum Gasteiger partial charge on any atom is 0.248 e. The van der Waals surface area contributed by atoms with Gasteiger partial charge in [0, 0.05) is 26.1 Å². The zero-order chi connectivity index (χ0) is 15.0. The monoisotopic (exact) mass is 280 g/mol. The molecule has 7 nitrogen and oxygen atoms in total. The van der Waals surface area contributed by atoms with Crippen LogP contribution in [0.3, 0.4) is 0 Å². The third kappa shape index (κ3) is 5.99. The average molecular weight is 280 g/mol. The number of likely N-dealkylation sites (tertiary alicyclic amines) is 1. The zero-order valence-electron chi connectivity index (χ0n) is 12.1. The molecule has 0 spiro atoms. The van der Waals surface area contributed by atoms with Crippen LogP contribution in [-0.4, -0.2) is 54.4 Å². The van der Waals surface area contributed by atoms with Crippen LogP contribution in [-0.2, 0) is 4.79 Å². The predicted octanol–water partition coefficient (Wildman–Crippen LogP) is -0.166. The number of amides is 1. The van der Waals surface area contributed by atoms with Crippen molar-refractivity contribution in [3.8, 4) is 6.19 Å². The molecule has 0 radical (unpaired) electrons. The summed E-state index contributed by atoms with van der Waals surface area (Å²) in [6.07, 6.45) is 6.10. The molecule has 0 aliphatic carbocycles. The second-order valence-corrected chi connectivity index (χ2v) is 5.18. The summed E-state index contributed by atoms with van der Waals surface area (Å²) >= 11 is 0. The van der Waals surface area contributed by atoms with E-state index in [9.17, 15) is 4.79 Å². The van der Waals surface area contributed by atoms with Gasteiger partial charge in [-0.1, -0.05) is 0 Å². The average Bonchev–Trinajstić information content (AvgIpc) is 2.90. The number of aliphatic imine (C=N–C) groups is 1. The number of guanidine groups is 1. The number of nitrogens with zero attached hydrogens (tertiary/aromatic N) is 4. The Kier molecular flexibility index (Phi) is 6.98. The van der Waals surface area contributed by atoms with E-state index < -0.39 is 0 Å². The highest BCUT2D eigenvalue weighted by Crippen LogP contribution is 2.09. The minimum Gasteiger partial charge on any atom is -0.369 e. The largest absolute Gasteiger partial charge is 0.369 e. The summed E-state index contributed by atoms with van der Waals surface area (Å²) in [5, 5.41) is 8.59. The van der Waals surface area contributed by atoms with Gasteiger partial charge in [-0.2, -0.15) is 10.3 Å². The fraction of sp³-hybridized carbons (Fsp3) is 0.769. The summed E-state index contributed by atoms with van der Waals surface area (Å²) < 4.78 is 0. The SMILES string of the molecule is CN(C#N)C(N)=NC(=O)CCC[C@H](N)CN1CCCC1. The summed E-state index contributed by atoms with van der Waals surface area (Å²) in [6.45, 7) is 3.17. The molecule has 112 valence electrons. The van der Waals surface area contributed by atoms with Crippen molar-refractivity contribution in [3.05, 3.63) is 0 Å². The number of nitriles is 1. The van der Waals surface area contributed by atoms with Crippen molar-refractivity contribution >= 4 is 11.9 Å². The molecule has 7 heteroatoms. The van der Waals surface area contributed by atoms with Crippen molar-refractivity contribution in [2.45, 2.75) is 38.1 Å². The van der Waals surface area contributed by atoms with Gasteiger partial charge in [-0.3, -0.25) is 9.69 Å². The Morgan fingerprint density at radius 3 is 2.75 bits per heavy atom. The molecule has 0 saturated carbocycles. The lowest BCUT2D eigenvalue weighted by Crippen LogP contribution is -2.35. The van der Waals surface area contributed by atoms with Crippen LogP contribution in [0.25, 0.3) is 0 Å². The summed E-state index contributed by atoms with van der Waals surface area (Å²) in [5.41, 5.74) is 11.5. The molecule has 1 fully saturated rings. The van der Waals surface area contributed by atoms with E-state index in [1.807, 2.05) is 0 Å². The Hall–Kier alpha value is -1.65. The zero-order valence-corrected chi connectivity index (χ0v) is 12.1. The molecule has 0 aromatic heterocycles. The highest BCUT2D eigenvalue weighted by Gasteiger charge is 2.15. The van der Waals surface area contributed by atoms with Crippen LogP contribution in [0, 0.1) is 11.5 Å². The van der Waals surface area contributed by atoms with Crippen molar-refractivity contribution < 1.29 is 4.79 Å². The molecule has 1 aliphatic heterocycles. The van der Waals surface area contributed by atoms with E-state index in [0.717, 1.165) is 31.0 Å². The number of rotatable bonds is 6. The van der Waals surface area contributed by atoms with Crippen molar-refractivity contribution in [2.75, 3.05) is 26.7 Å². The highest BCUT2D eigenvalue weighted by molar-refractivity contribution is 5.92. The van der Waals surface area contributed by atoms with E-state index >= 15 is 0 Å². The lowest BCUT2D eigenvalue weighted by molar-refractivity contribution is -0.117. The van der Waals surface area contributed by atoms with Gasteiger partial charge >= 0.3 is 0 Å². The van der Waals surface area contributed by atoms with Gasteiger partial charge < -0.3 is 16.4 Å². The Balaban J connectivity index is 2.19. The summed E-state index contributed by atoms with van der Waals surface area (Å²) in [5.74, 6) is -0.378. The minimum atomic E-state index is -0.307. The fourth-order valence-corrected chi connectivity index (χ4v) is 2.21. The maximum absolute atomic E-state index is 11.5. The first-order valence-electron chi connectivity index (χ1n) is 7.01. The van der Waals surface area contributed by atoms with Crippen molar-refractivity contribution in [1.29, 1.82) is 5.26 Å². The van der Waals surface area contributed by atoms with Gasteiger partial charge in [0.1, 0.15) is 0 Å². The molecular weight excluding hydrogens is 256 g/mol. The number of carbonyl (C=O) groups is 1. The topological polar surface area (TPSA) is 112 Å². The van der Waals surface area contributed by atoms with Crippen LogP contribution in [0.1, 0.15) is 32.1 Å². The first-order valence-corrected chi connectivity index (χ1v) is 7.01. The summed E-state index contributed by atoms with van der Waals surface area (Å²) in [4.78, 5) is 18.6. The second-order valence-electron chi connectivity index (χ2n) is 5.18. The van der Waals surface area contributed by atoms with Crippen LogP contribution in [0.5, 0.6) is 0 Å². The number of carbonyl (C=O) groups excluding carboxylic acids is 1. The van der Waals surface area contributed by atoms with E-state index in [4.69, 9.17) is 16.7 Å². The molecule has 1 amide bonds. The molecule has 0 unspecified atom stereocenters. The normalized spacial score (nSPS) is 17.8. The van der Waals surface area contributed by atoms with E-state index in [2.05, 4.69) is 9.89 Å². The quantitative estimate of drug-likeness (QED) is 0.302. The first-order chi connectivity index (χ1) is 9.52. The molecule has 0 aromatic carbocycles. The van der Waals surface area contributed by atoms with Crippen molar-refractivity contribution in [2.24, 2.45) is 16.5 Å². The molecule has 0 bridgehead atoms. The molecule has 20 heavy (non-hydrogen) atoms. The van der Waals surface area contributed by atoms with Gasteiger partial charge in [-0.05, 0) is 38.8 Å². The van der Waals surface area contributed by atoms with Crippen LogP contribution in [0.2, 0.25) is 0 Å². The second kappa shape index (κ2) is 8.51. The van der Waals surface area contributed by atoms with Gasteiger partial charge in [0.15, 0.2) is 6.19 Å². The Bertz CT molecular complexity index is 383. The Morgan fingerprint density at radius 1 is 1.50 bits per heavy atom. The van der Waals surface area contributed by atoms with Crippen molar-refractivity contribution in [1.82, 2.24) is 9.80 Å². The minimum absolute atomic E-state index is 0.0705. The summed E-state index contributed by atoms with van der Waals surface area (Å²) in [6, 6.07) is 0.101. The molecule has 4 N–H and O–H groups in total. The van der Waals surface area contributed by atoms with Crippen molar-refractivity contribution in [3.63, 3.8) is 0 Å². The van der Waals surface area contributed by atoms with E-state index in [0.29, 0.717) is 12.8 Å². The first kappa shape index (κ1) is 16.4. The molecule has 1 heterocycles. The molecule has 1 saturated heterocycles. The number of nitrogens with two attached hydrogens (primary N) is 2. The molecular formula is C13H24N6O. The smallest absolute Gasteiger partial charge is 0.248 e. The molecule has 1 aliphatic rings. The van der Waals surface area contributed by atoms with Gasteiger partial charge in [0.05, 0.1) is 0 Å². The molecule has 0 aromatic rings. The molecule has 1 rings (SSSR count). The van der Waals surface area contributed by atoms with Crippen LogP contribution >= 0.6 is 0 Å². The predicted molar refractivity (Wildman–Crippen MR) is 77.5 cm³/mol. The van der Waals surface area contributed by atoms with E-state index in [1.54, 1.807) is 6.19 Å². The standard InChI is InChI=1S/C13H24N6O/c1-18(10-14)13(16)17-12(20)6-4-5-11(15)9-19-7-2-3-8-19/h11H,2-9,15H2,1H3,(H2,16,17,20)/t11-/m0/s1. The Morgan fingerprint density at radius 2 is 2.15 bits per heavy atom. The van der Waals surface area contributed by atoms with Gasteiger partial charge in [0.25, 0.3) is 0 Å². The van der Waals surface area contributed by atoms with Crippen LogP contribution < -0.4 is 11.5 Å². The van der Waals surface area contributed by atoms with Gasteiger partial charge in [-0.15, -0.1) is 0 Å².